The maximum Gasteiger partial charge on any atom is 0.348 e. The number of furan rings is 1. The molecule has 9 heteroatoms. The van der Waals surface area contributed by atoms with Gasteiger partial charge in [-0.25, -0.2) is 14.0 Å². The Balaban J connectivity index is 1.89. The van der Waals surface area contributed by atoms with Crippen molar-refractivity contribution in [2.45, 2.75) is 27.2 Å². The van der Waals surface area contributed by atoms with Gasteiger partial charge in [0.15, 0.2) is 0 Å². The number of anilines is 1. The molecule has 0 fully saturated rings. The van der Waals surface area contributed by atoms with Crippen LogP contribution in [-0.2, 0) is 20.7 Å². The highest BCUT2D eigenvalue weighted by atomic mass is 32.1. The smallest absolute Gasteiger partial charge is 0.348 e. The highest BCUT2D eigenvalue weighted by molar-refractivity contribution is 7.18. The second kappa shape index (κ2) is 9.08. The Hall–Kier alpha value is -3.20. The molecule has 0 aliphatic rings. The van der Waals surface area contributed by atoms with Crippen molar-refractivity contribution in [2.75, 3.05) is 18.5 Å². The van der Waals surface area contributed by atoms with E-state index < -0.39 is 23.7 Å². The minimum absolute atomic E-state index is 0.107. The van der Waals surface area contributed by atoms with Crippen molar-refractivity contribution in [1.29, 1.82) is 0 Å². The molecule has 3 rings (SSSR count). The second-order valence-electron chi connectivity index (χ2n) is 6.33. The minimum Gasteiger partial charge on any atom is -0.464 e. The van der Waals surface area contributed by atoms with E-state index in [0.717, 1.165) is 11.3 Å². The van der Waals surface area contributed by atoms with Gasteiger partial charge in [0.25, 0.3) is 0 Å². The van der Waals surface area contributed by atoms with Crippen molar-refractivity contribution >= 4 is 45.2 Å². The molecule has 1 aromatic carbocycles. The zero-order chi connectivity index (χ0) is 21.8. The summed E-state index contributed by atoms with van der Waals surface area (Å²) in [5, 5.41) is 3.34. The third kappa shape index (κ3) is 4.35. The van der Waals surface area contributed by atoms with Gasteiger partial charge in [-0.3, -0.25) is 4.79 Å². The van der Waals surface area contributed by atoms with Crippen LogP contribution in [0.5, 0.6) is 0 Å². The molecule has 3 aromatic rings. The Morgan fingerprint density at radius 2 is 1.83 bits per heavy atom. The summed E-state index contributed by atoms with van der Waals surface area (Å²) in [6, 6.07) is 4.05. The Kier molecular flexibility index (Phi) is 6.51. The number of fused-ring (bicyclic) bond motifs is 1. The molecule has 1 amide bonds. The number of esters is 2. The van der Waals surface area contributed by atoms with Crippen LogP contribution in [0.3, 0.4) is 0 Å². The fourth-order valence-corrected chi connectivity index (χ4v) is 4.08. The van der Waals surface area contributed by atoms with Gasteiger partial charge in [-0.1, -0.05) is 0 Å². The first-order chi connectivity index (χ1) is 14.3. The van der Waals surface area contributed by atoms with Crippen LogP contribution in [-0.4, -0.2) is 31.1 Å². The average Bonchev–Trinajstić information content (AvgIpc) is 3.22. The van der Waals surface area contributed by atoms with Gasteiger partial charge in [0.2, 0.25) is 5.91 Å². The summed E-state index contributed by atoms with van der Waals surface area (Å²) < 4.78 is 29.0. The summed E-state index contributed by atoms with van der Waals surface area (Å²) in [5.41, 5.74) is 1.45. The monoisotopic (exact) mass is 433 g/mol. The number of ether oxygens (including phenoxy) is 2. The van der Waals surface area contributed by atoms with Crippen molar-refractivity contribution < 1.29 is 32.7 Å². The minimum atomic E-state index is -0.645. The molecule has 0 spiro atoms. The van der Waals surface area contributed by atoms with Crippen LogP contribution in [0.15, 0.2) is 28.9 Å². The van der Waals surface area contributed by atoms with Gasteiger partial charge in [0.1, 0.15) is 21.3 Å². The van der Waals surface area contributed by atoms with Crippen molar-refractivity contribution in [3.05, 3.63) is 51.8 Å². The van der Waals surface area contributed by atoms with Crippen LogP contribution in [0.25, 0.3) is 11.0 Å². The molecule has 30 heavy (non-hydrogen) atoms. The number of hydrogen-bond acceptors (Lipinski definition) is 7. The topological polar surface area (TPSA) is 94.8 Å². The third-order valence-electron chi connectivity index (χ3n) is 4.31. The first-order valence-corrected chi connectivity index (χ1v) is 10.1. The molecular weight excluding hydrogens is 413 g/mol. The first-order valence-electron chi connectivity index (χ1n) is 9.28. The maximum absolute atomic E-state index is 13.5. The molecule has 0 atom stereocenters. The summed E-state index contributed by atoms with van der Waals surface area (Å²) in [6.07, 6.45) is 1.28. The van der Waals surface area contributed by atoms with Crippen molar-refractivity contribution in [3.63, 3.8) is 0 Å². The maximum atomic E-state index is 13.5. The number of thiophene rings is 1. The Morgan fingerprint density at radius 1 is 1.13 bits per heavy atom. The van der Waals surface area contributed by atoms with E-state index in [1.807, 2.05) is 0 Å². The van der Waals surface area contributed by atoms with Gasteiger partial charge < -0.3 is 19.2 Å². The average molecular weight is 433 g/mol. The van der Waals surface area contributed by atoms with E-state index in [1.165, 1.54) is 24.5 Å². The number of benzene rings is 1. The zero-order valence-corrected chi connectivity index (χ0v) is 17.5. The van der Waals surface area contributed by atoms with Crippen molar-refractivity contribution in [2.24, 2.45) is 0 Å². The zero-order valence-electron chi connectivity index (χ0n) is 16.7. The van der Waals surface area contributed by atoms with E-state index in [-0.39, 0.29) is 35.1 Å². The van der Waals surface area contributed by atoms with Crippen LogP contribution >= 0.6 is 11.3 Å². The molecular formula is C21H20FNO6S. The second-order valence-corrected chi connectivity index (χ2v) is 7.35. The summed E-state index contributed by atoms with van der Waals surface area (Å²) in [7, 11) is 0. The summed E-state index contributed by atoms with van der Waals surface area (Å²) in [6.45, 7) is 5.25. The molecule has 7 nitrogen and oxygen atoms in total. The lowest BCUT2D eigenvalue weighted by molar-refractivity contribution is -0.115. The van der Waals surface area contributed by atoms with E-state index in [2.05, 4.69) is 5.32 Å². The van der Waals surface area contributed by atoms with E-state index in [0.29, 0.717) is 22.1 Å². The molecule has 2 aromatic heterocycles. The fourth-order valence-electron chi connectivity index (χ4n) is 2.98. The van der Waals surface area contributed by atoms with Crippen LogP contribution in [0.1, 0.15) is 45.0 Å². The highest BCUT2D eigenvalue weighted by Gasteiger charge is 2.27. The number of hydrogen-bond donors (Lipinski definition) is 1. The predicted octanol–water partition coefficient (Wildman–Crippen LogP) is 4.48. The lowest BCUT2D eigenvalue weighted by atomic mass is 10.1. The van der Waals surface area contributed by atoms with Crippen molar-refractivity contribution in [3.8, 4) is 0 Å². The van der Waals surface area contributed by atoms with E-state index in [1.54, 1.807) is 20.8 Å². The molecule has 158 valence electrons. The fraction of sp³-hybridized carbons (Fsp3) is 0.286. The summed E-state index contributed by atoms with van der Waals surface area (Å²) in [5.74, 6) is -2.12. The van der Waals surface area contributed by atoms with Gasteiger partial charge in [0.05, 0.1) is 31.5 Å². The molecule has 0 radical (unpaired) electrons. The largest absolute Gasteiger partial charge is 0.464 e. The molecule has 2 heterocycles. The lowest BCUT2D eigenvalue weighted by Gasteiger charge is -2.07. The quantitative estimate of drug-likeness (QED) is 0.552. The summed E-state index contributed by atoms with van der Waals surface area (Å²) in [4.78, 5) is 37.5. The Labute approximate surface area is 175 Å². The van der Waals surface area contributed by atoms with Crippen LogP contribution < -0.4 is 5.32 Å². The number of carbonyl (C=O) groups is 3. The normalized spacial score (nSPS) is 10.8. The SMILES string of the molecule is CCOC(=O)c1sc(NC(=O)Cc2coc3ccc(F)cc23)c(C(=O)OCC)c1C. The van der Waals surface area contributed by atoms with Crippen LogP contribution in [0.4, 0.5) is 9.39 Å². The molecule has 0 aliphatic heterocycles. The third-order valence-corrected chi connectivity index (χ3v) is 5.49. The Bertz CT molecular complexity index is 1120. The highest BCUT2D eigenvalue weighted by Crippen LogP contribution is 2.34. The van der Waals surface area contributed by atoms with E-state index >= 15 is 0 Å². The molecule has 0 aliphatic carbocycles. The molecule has 0 saturated carbocycles. The van der Waals surface area contributed by atoms with Gasteiger partial charge in [0, 0.05) is 10.9 Å². The van der Waals surface area contributed by atoms with Crippen LogP contribution in [0.2, 0.25) is 0 Å². The van der Waals surface area contributed by atoms with E-state index in [4.69, 9.17) is 13.9 Å². The van der Waals surface area contributed by atoms with Gasteiger partial charge in [-0.2, -0.15) is 0 Å². The molecule has 1 N–H and O–H groups in total. The molecule has 0 unspecified atom stereocenters. The standard InChI is InChI=1S/C21H20FNO6S/c1-4-27-20(25)17-11(3)18(21(26)28-5-2)30-19(17)23-16(24)8-12-10-29-15-7-6-13(22)9-14(12)15/h6-7,9-10H,4-5,8H2,1-3H3,(H,23,24). The number of halogens is 1. The Morgan fingerprint density at radius 3 is 2.53 bits per heavy atom. The van der Waals surface area contributed by atoms with Crippen molar-refractivity contribution in [1.82, 2.24) is 0 Å². The van der Waals surface area contributed by atoms with Crippen LogP contribution in [0, 0.1) is 12.7 Å². The van der Waals surface area contributed by atoms with E-state index in [9.17, 15) is 18.8 Å². The number of nitrogens with one attached hydrogen (secondary N) is 1. The summed E-state index contributed by atoms with van der Waals surface area (Å²) >= 11 is 0.945. The van der Waals surface area contributed by atoms with Gasteiger partial charge in [-0.05, 0) is 44.5 Å². The number of rotatable bonds is 7. The van der Waals surface area contributed by atoms with Gasteiger partial charge in [-0.15, -0.1) is 11.3 Å². The first kappa shape index (κ1) is 21.5. The molecule has 0 bridgehead atoms. The predicted molar refractivity (Wildman–Crippen MR) is 109 cm³/mol. The number of carbonyl (C=O) groups excluding carboxylic acids is 3. The van der Waals surface area contributed by atoms with Gasteiger partial charge >= 0.3 is 11.9 Å². The molecule has 0 saturated heterocycles. The number of amides is 1. The lowest BCUT2D eigenvalue weighted by Crippen LogP contribution is -2.16.